The van der Waals surface area contributed by atoms with Crippen molar-refractivity contribution < 1.29 is 13.6 Å². The molecule has 234 valence electrons. The monoisotopic (exact) mass is 619 g/mol. The zero-order valence-corrected chi connectivity index (χ0v) is 27.5. The molecule has 5 rings (SSSR count). The number of pyridine rings is 1. The van der Waals surface area contributed by atoms with Crippen LogP contribution in [0, 0.1) is 17.1 Å². The maximum Gasteiger partial charge on any atom is 0.274 e. The van der Waals surface area contributed by atoms with E-state index in [4.69, 9.17) is 9.16 Å². The van der Waals surface area contributed by atoms with Crippen molar-refractivity contribution in [2.45, 2.75) is 57.8 Å². The van der Waals surface area contributed by atoms with Crippen LogP contribution in [-0.2, 0) is 21.1 Å². The van der Waals surface area contributed by atoms with Gasteiger partial charge in [-0.05, 0) is 41.9 Å². The first kappa shape index (κ1) is 31.8. The first-order valence-electron chi connectivity index (χ1n) is 15.1. The van der Waals surface area contributed by atoms with Gasteiger partial charge in [0.25, 0.3) is 5.56 Å². The minimum absolute atomic E-state index is 0.0512. The van der Waals surface area contributed by atoms with Crippen LogP contribution in [0.1, 0.15) is 38.8 Å². The molecule has 2 aromatic heterocycles. The summed E-state index contributed by atoms with van der Waals surface area (Å²) in [5.74, 6) is -0.375. The van der Waals surface area contributed by atoms with Crippen LogP contribution < -0.4 is 16.2 Å². The van der Waals surface area contributed by atoms with Gasteiger partial charge in [-0.1, -0.05) is 27.7 Å². The smallest absolute Gasteiger partial charge is 0.274 e. The van der Waals surface area contributed by atoms with E-state index < -0.39 is 14.1 Å². The van der Waals surface area contributed by atoms with Crippen LogP contribution in [-0.4, -0.2) is 73.8 Å². The highest BCUT2D eigenvalue weighted by Gasteiger charge is 2.42. The summed E-state index contributed by atoms with van der Waals surface area (Å²) in [6.45, 7) is 18.3. The predicted molar refractivity (Wildman–Crippen MR) is 172 cm³/mol. The number of nitrogens with one attached hydrogen (secondary N) is 2. The fraction of sp³-hybridized carbons (Fsp3) is 0.500. The third kappa shape index (κ3) is 6.71. The van der Waals surface area contributed by atoms with E-state index in [2.05, 4.69) is 78.4 Å². The second-order valence-corrected chi connectivity index (χ2v) is 18.2. The van der Waals surface area contributed by atoms with Crippen molar-refractivity contribution in [1.29, 1.82) is 5.26 Å². The van der Waals surface area contributed by atoms with E-state index >= 15 is 0 Å². The van der Waals surface area contributed by atoms with Gasteiger partial charge in [-0.3, -0.25) is 9.69 Å². The molecule has 0 saturated carbocycles. The van der Waals surface area contributed by atoms with Crippen LogP contribution in [0.4, 0.5) is 21.7 Å². The second-order valence-electron chi connectivity index (χ2n) is 13.4. The third-order valence-corrected chi connectivity index (χ3v) is 13.6. The number of halogens is 1. The van der Waals surface area contributed by atoms with Gasteiger partial charge in [0.15, 0.2) is 8.32 Å². The van der Waals surface area contributed by atoms with Crippen LogP contribution in [0.25, 0.3) is 11.3 Å². The van der Waals surface area contributed by atoms with E-state index in [0.29, 0.717) is 50.7 Å². The van der Waals surface area contributed by atoms with E-state index in [1.807, 2.05) is 0 Å². The van der Waals surface area contributed by atoms with Crippen LogP contribution >= 0.6 is 0 Å². The van der Waals surface area contributed by atoms with Crippen LogP contribution in [0.5, 0.6) is 0 Å². The molecule has 0 spiro atoms. The van der Waals surface area contributed by atoms with Crippen molar-refractivity contribution in [1.82, 2.24) is 19.4 Å². The molecule has 4 heterocycles. The summed E-state index contributed by atoms with van der Waals surface area (Å²) in [6.07, 6.45) is 2.80. The highest BCUT2D eigenvalue weighted by Crippen LogP contribution is 2.44. The lowest BCUT2D eigenvalue weighted by Gasteiger charge is -2.39. The fourth-order valence-electron chi connectivity index (χ4n) is 5.24. The zero-order chi connectivity index (χ0) is 31.7. The molecular formula is C32H42FN7O3Si. The molecule has 10 nitrogen and oxygen atoms in total. The number of ether oxygens (including phenoxy) is 1. The molecule has 2 N–H and O–H groups in total. The normalized spacial score (nSPS) is 18.9. The van der Waals surface area contributed by atoms with Gasteiger partial charge in [-0.2, -0.15) is 5.26 Å². The van der Waals surface area contributed by atoms with E-state index in [1.165, 1.54) is 10.8 Å². The number of morpholine rings is 1. The van der Waals surface area contributed by atoms with Gasteiger partial charge in [-0.25, -0.2) is 14.4 Å². The van der Waals surface area contributed by atoms with Crippen molar-refractivity contribution in [3.8, 4) is 17.3 Å². The summed E-state index contributed by atoms with van der Waals surface area (Å²) in [7, 11) is -2.00. The first-order chi connectivity index (χ1) is 20.8. The topological polar surface area (TPSA) is 117 Å². The average Bonchev–Trinajstić information content (AvgIpc) is 3.33. The molecule has 1 saturated heterocycles. The Labute approximate surface area is 259 Å². The Hall–Kier alpha value is -3.63. The minimum Gasteiger partial charge on any atom is -0.416 e. The largest absolute Gasteiger partial charge is 0.416 e. The molecule has 3 aromatic rings. The molecule has 2 aliphatic rings. The molecule has 1 fully saturated rings. The van der Waals surface area contributed by atoms with E-state index in [9.17, 15) is 14.4 Å². The SMILES string of the molecule is CC(C)(C)[Si](C)(C)OC[C@@]1(C)CNc2c(C#N)cc(-c3ccnc(Nc4cc(F)cn(CCN5CCOCC5)c4=O)n3)cc21. The number of aromatic nitrogens is 3. The quantitative estimate of drug-likeness (QED) is 0.316. The van der Waals surface area contributed by atoms with E-state index in [-0.39, 0.29) is 27.6 Å². The molecule has 2 aliphatic heterocycles. The molecule has 0 amide bonds. The van der Waals surface area contributed by atoms with Crippen LogP contribution in [0.2, 0.25) is 18.1 Å². The molecule has 1 aromatic carbocycles. The Kier molecular flexibility index (Phi) is 8.96. The summed E-state index contributed by atoms with van der Waals surface area (Å²) >= 11 is 0. The van der Waals surface area contributed by atoms with Gasteiger partial charge in [-0.15, -0.1) is 0 Å². The van der Waals surface area contributed by atoms with Gasteiger partial charge < -0.3 is 24.4 Å². The van der Waals surface area contributed by atoms with Gasteiger partial charge in [0.2, 0.25) is 5.95 Å². The Bertz CT molecular complexity index is 1630. The van der Waals surface area contributed by atoms with Gasteiger partial charge >= 0.3 is 0 Å². The van der Waals surface area contributed by atoms with Crippen LogP contribution in [0.15, 0.2) is 41.5 Å². The van der Waals surface area contributed by atoms with Crippen molar-refractivity contribution in [3.05, 3.63) is 64.0 Å². The summed E-state index contributed by atoms with van der Waals surface area (Å²) in [4.78, 5) is 24.4. The highest BCUT2D eigenvalue weighted by atomic mass is 28.4. The number of anilines is 3. The fourth-order valence-corrected chi connectivity index (χ4v) is 6.35. The molecule has 1 atom stereocenters. The van der Waals surface area contributed by atoms with Gasteiger partial charge in [0.1, 0.15) is 17.6 Å². The number of hydrogen-bond acceptors (Lipinski definition) is 9. The first-order valence-corrected chi connectivity index (χ1v) is 18.0. The van der Waals surface area contributed by atoms with Crippen molar-refractivity contribution in [2.75, 3.05) is 56.6 Å². The Morgan fingerprint density at radius 2 is 1.98 bits per heavy atom. The Morgan fingerprint density at radius 3 is 2.68 bits per heavy atom. The third-order valence-electron chi connectivity index (χ3n) is 9.13. The lowest BCUT2D eigenvalue weighted by molar-refractivity contribution is 0.0362. The minimum atomic E-state index is -2.00. The van der Waals surface area contributed by atoms with Crippen molar-refractivity contribution >= 4 is 25.6 Å². The Morgan fingerprint density at radius 1 is 1.23 bits per heavy atom. The maximum atomic E-state index is 14.6. The predicted octanol–water partition coefficient (Wildman–Crippen LogP) is 5.10. The lowest BCUT2D eigenvalue weighted by Crippen LogP contribution is -2.45. The molecular weight excluding hydrogens is 577 g/mol. The van der Waals surface area contributed by atoms with Gasteiger partial charge in [0.05, 0.1) is 30.2 Å². The lowest BCUT2D eigenvalue weighted by atomic mass is 9.83. The maximum absolute atomic E-state index is 14.6. The average molecular weight is 620 g/mol. The number of benzene rings is 1. The number of hydrogen-bond donors (Lipinski definition) is 2. The van der Waals surface area contributed by atoms with E-state index in [0.717, 1.165) is 36.0 Å². The number of rotatable bonds is 9. The molecule has 12 heteroatoms. The molecule has 0 radical (unpaired) electrons. The summed E-state index contributed by atoms with van der Waals surface area (Å²) in [5, 5.41) is 16.5. The molecule has 0 bridgehead atoms. The summed E-state index contributed by atoms with van der Waals surface area (Å²) in [5.41, 5.74) is 3.02. The zero-order valence-electron chi connectivity index (χ0n) is 26.5. The summed E-state index contributed by atoms with van der Waals surface area (Å²) in [6, 6.07) is 9.11. The number of fused-ring (bicyclic) bond motifs is 1. The second kappa shape index (κ2) is 12.4. The Balaban J connectivity index is 1.40. The standard InChI is InChI=1S/C32H42FN7O3Si/c1-31(2,3)44(5,6)43-21-32(4)20-36-28-23(18-34)15-22(16-25(28)32)26-7-8-35-30(37-26)38-27-17-24(33)19-40(29(27)41)10-9-39-11-13-42-14-12-39/h7-8,15-17,19,36H,9-14,20-21H2,1-6H3,(H,35,37,38)/t32-/m1/s1. The summed E-state index contributed by atoms with van der Waals surface area (Å²) < 4.78 is 28.0. The van der Waals surface area contributed by atoms with Crippen molar-refractivity contribution in [2.24, 2.45) is 0 Å². The molecule has 0 aliphatic carbocycles. The van der Waals surface area contributed by atoms with Crippen LogP contribution in [0.3, 0.4) is 0 Å². The van der Waals surface area contributed by atoms with E-state index in [1.54, 1.807) is 18.3 Å². The number of nitriles is 1. The number of nitrogens with zero attached hydrogens (tertiary/aromatic N) is 5. The molecule has 44 heavy (non-hydrogen) atoms. The molecule has 0 unspecified atom stereocenters. The van der Waals surface area contributed by atoms with Gasteiger partial charge in [0, 0.05) is 68.8 Å². The highest BCUT2D eigenvalue weighted by molar-refractivity contribution is 6.74. The van der Waals surface area contributed by atoms with Crippen molar-refractivity contribution in [3.63, 3.8) is 0 Å².